The van der Waals surface area contributed by atoms with Crippen LogP contribution in [0.3, 0.4) is 0 Å². The summed E-state index contributed by atoms with van der Waals surface area (Å²) in [4.78, 5) is 0. The standard InChI is InChI=1S/C21H20/c1-15-7-6-9-18(13-15)19-12-11-17(3)21(14-19)20-10-5-4-8-16(20)2/h4-14H,1-3H3. The Balaban J connectivity index is 2.15. The second-order valence-electron chi connectivity index (χ2n) is 5.71. The van der Waals surface area contributed by atoms with Crippen molar-refractivity contribution >= 4 is 0 Å². The molecule has 3 aromatic rings. The SMILES string of the molecule is Cc1cccc(-c2ccc(C)c(-c3ccccc3C)c2)c1. The second kappa shape index (κ2) is 5.57. The van der Waals surface area contributed by atoms with Crippen molar-refractivity contribution < 1.29 is 0 Å². The van der Waals surface area contributed by atoms with Gasteiger partial charge >= 0.3 is 0 Å². The normalized spacial score (nSPS) is 10.6. The van der Waals surface area contributed by atoms with Crippen molar-refractivity contribution in [3.8, 4) is 22.3 Å². The molecule has 0 radical (unpaired) electrons. The van der Waals surface area contributed by atoms with Gasteiger partial charge in [-0.15, -0.1) is 0 Å². The Hall–Kier alpha value is -2.34. The average molecular weight is 272 g/mol. The van der Waals surface area contributed by atoms with Crippen LogP contribution in [-0.2, 0) is 0 Å². The Labute approximate surface area is 127 Å². The van der Waals surface area contributed by atoms with Crippen molar-refractivity contribution in [1.29, 1.82) is 0 Å². The minimum atomic E-state index is 1.28. The minimum Gasteiger partial charge on any atom is -0.0620 e. The van der Waals surface area contributed by atoms with Crippen LogP contribution >= 0.6 is 0 Å². The first-order chi connectivity index (χ1) is 10.1. The van der Waals surface area contributed by atoms with Crippen LogP contribution in [-0.4, -0.2) is 0 Å². The summed E-state index contributed by atoms with van der Waals surface area (Å²) in [6.45, 7) is 6.50. The van der Waals surface area contributed by atoms with E-state index in [9.17, 15) is 0 Å². The van der Waals surface area contributed by atoms with Gasteiger partial charge in [0.2, 0.25) is 0 Å². The zero-order valence-electron chi connectivity index (χ0n) is 12.9. The van der Waals surface area contributed by atoms with E-state index in [1.165, 1.54) is 38.9 Å². The van der Waals surface area contributed by atoms with Crippen molar-refractivity contribution in [2.45, 2.75) is 20.8 Å². The molecule has 0 atom stereocenters. The molecule has 3 aromatic carbocycles. The van der Waals surface area contributed by atoms with Gasteiger partial charge in [0.15, 0.2) is 0 Å². The molecule has 21 heavy (non-hydrogen) atoms. The lowest BCUT2D eigenvalue weighted by Gasteiger charge is -2.12. The van der Waals surface area contributed by atoms with E-state index in [0.29, 0.717) is 0 Å². The van der Waals surface area contributed by atoms with E-state index >= 15 is 0 Å². The molecule has 0 aliphatic heterocycles. The van der Waals surface area contributed by atoms with E-state index in [-0.39, 0.29) is 0 Å². The maximum atomic E-state index is 2.31. The summed E-state index contributed by atoms with van der Waals surface area (Å²) in [6.07, 6.45) is 0. The molecule has 0 nitrogen and oxygen atoms in total. The minimum absolute atomic E-state index is 1.28. The fourth-order valence-electron chi connectivity index (χ4n) is 2.79. The summed E-state index contributed by atoms with van der Waals surface area (Å²) in [5, 5.41) is 0. The molecular weight excluding hydrogens is 252 g/mol. The quantitative estimate of drug-likeness (QED) is 0.541. The van der Waals surface area contributed by atoms with E-state index in [1.807, 2.05) is 0 Å². The number of hydrogen-bond acceptors (Lipinski definition) is 0. The van der Waals surface area contributed by atoms with Gasteiger partial charge in [0.05, 0.1) is 0 Å². The summed E-state index contributed by atoms with van der Waals surface area (Å²) >= 11 is 0. The van der Waals surface area contributed by atoms with E-state index in [1.54, 1.807) is 0 Å². The van der Waals surface area contributed by atoms with Crippen molar-refractivity contribution in [2.24, 2.45) is 0 Å². The van der Waals surface area contributed by atoms with Gasteiger partial charge in [-0.25, -0.2) is 0 Å². The highest BCUT2D eigenvalue weighted by molar-refractivity contribution is 5.77. The molecule has 0 unspecified atom stereocenters. The molecule has 0 aliphatic rings. The van der Waals surface area contributed by atoms with Gasteiger partial charge in [-0.1, -0.05) is 66.2 Å². The molecule has 0 spiro atoms. The lowest BCUT2D eigenvalue weighted by Crippen LogP contribution is -1.88. The molecule has 3 rings (SSSR count). The second-order valence-corrected chi connectivity index (χ2v) is 5.71. The van der Waals surface area contributed by atoms with Crippen LogP contribution in [0.1, 0.15) is 16.7 Å². The topological polar surface area (TPSA) is 0 Å². The predicted octanol–water partition coefficient (Wildman–Crippen LogP) is 5.95. The summed E-state index contributed by atoms with van der Waals surface area (Å²) in [5.74, 6) is 0. The van der Waals surface area contributed by atoms with Gasteiger partial charge < -0.3 is 0 Å². The lowest BCUT2D eigenvalue weighted by molar-refractivity contribution is 1.40. The van der Waals surface area contributed by atoms with Crippen LogP contribution in [0.2, 0.25) is 0 Å². The Morgan fingerprint density at radius 3 is 2.00 bits per heavy atom. The zero-order valence-corrected chi connectivity index (χ0v) is 12.9. The molecule has 0 saturated heterocycles. The summed E-state index contributed by atoms with van der Waals surface area (Å²) in [6, 6.07) is 24.0. The summed E-state index contributed by atoms with van der Waals surface area (Å²) in [5.41, 5.74) is 9.15. The zero-order chi connectivity index (χ0) is 14.8. The molecular formula is C21H20. The van der Waals surface area contributed by atoms with Crippen LogP contribution in [0.5, 0.6) is 0 Å². The van der Waals surface area contributed by atoms with Gasteiger partial charge in [-0.3, -0.25) is 0 Å². The third-order valence-corrected chi connectivity index (χ3v) is 4.02. The Bertz CT molecular complexity index is 782. The molecule has 0 aliphatic carbocycles. The van der Waals surface area contributed by atoms with Crippen molar-refractivity contribution in [3.05, 3.63) is 83.4 Å². The molecule has 104 valence electrons. The fraction of sp³-hybridized carbons (Fsp3) is 0.143. The van der Waals surface area contributed by atoms with Crippen LogP contribution in [0.15, 0.2) is 66.7 Å². The van der Waals surface area contributed by atoms with Gasteiger partial charge in [0.1, 0.15) is 0 Å². The highest BCUT2D eigenvalue weighted by Gasteiger charge is 2.07. The van der Waals surface area contributed by atoms with Crippen LogP contribution in [0.25, 0.3) is 22.3 Å². The van der Waals surface area contributed by atoms with Crippen LogP contribution in [0.4, 0.5) is 0 Å². The van der Waals surface area contributed by atoms with Crippen molar-refractivity contribution in [3.63, 3.8) is 0 Å². The van der Waals surface area contributed by atoms with Crippen molar-refractivity contribution in [1.82, 2.24) is 0 Å². The molecule has 0 heterocycles. The van der Waals surface area contributed by atoms with Gasteiger partial charge in [0.25, 0.3) is 0 Å². The molecule has 0 bridgehead atoms. The smallest absolute Gasteiger partial charge is 0.0146 e. The largest absolute Gasteiger partial charge is 0.0620 e. The number of aryl methyl sites for hydroxylation is 3. The summed E-state index contributed by atoms with van der Waals surface area (Å²) in [7, 11) is 0. The molecule has 0 heteroatoms. The Kier molecular flexibility index (Phi) is 3.62. The van der Waals surface area contributed by atoms with E-state index in [2.05, 4.69) is 87.5 Å². The van der Waals surface area contributed by atoms with E-state index in [4.69, 9.17) is 0 Å². The maximum Gasteiger partial charge on any atom is -0.0146 e. The van der Waals surface area contributed by atoms with Gasteiger partial charge in [0, 0.05) is 0 Å². The average Bonchev–Trinajstić information content (AvgIpc) is 2.49. The molecule has 0 N–H and O–H groups in total. The van der Waals surface area contributed by atoms with E-state index < -0.39 is 0 Å². The molecule has 0 amide bonds. The first-order valence-corrected chi connectivity index (χ1v) is 7.39. The Morgan fingerprint density at radius 2 is 1.24 bits per heavy atom. The third kappa shape index (κ3) is 2.75. The number of rotatable bonds is 2. The first kappa shape index (κ1) is 13.6. The fourth-order valence-corrected chi connectivity index (χ4v) is 2.79. The number of benzene rings is 3. The maximum absolute atomic E-state index is 2.31. The Morgan fingerprint density at radius 1 is 0.524 bits per heavy atom. The first-order valence-electron chi connectivity index (χ1n) is 7.39. The van der Waals surface area contributed by atoms with Crippen LogP contribution < -0.4 is 0 Å². The highest BCUT2D eigenvalue weighted by Crippen LogP contribution is 2.31. The van der Waals surface area contributed by atoms with Gasteiger partial charge in [-0.2, -0.15) is 0 Å². The van der Waals surface area contributed by atoms with Crippen LogP contribution in [0, 0.1) is 20.8 Å². The molecule has 0 fully saturated rings. The lowest BCUT2D eigenvalue weighted by atomic mass is 9.92. The van der Waals surface area contributed by atoms with Crippen molar-refractivity contribution in [2.75, 3.05) is 0 Å². The number of hydrogen-bond donors (Lipinski definition) is 0. The molecule has 0 saturated carbocycles. The highest BCUT2D eigenvalue weighted by atomic mass is 14.1. The van der Waals surface area contributed by atoms with Gasteiger partial charge in [-0.05, 0) is 60.2 Å². The monoisotopic (exact) mass is 272 g/mol. The predicted molar refractivity (Wildman–Crippen MR) is 91.5 cm³/mol. The summed E-state index contributed by atoms with van der Waals surface area (Å²) < 4.78 is 0. The third-order valence-electron chi connectivity index (χ3n) is 4.02. The molecule has 0 aromatic heterocycles. The van der Waals surface area contributed by atoms with E-state index in [0.717, 1.165) is 0 Å².